The normalized spacial score (nSPS) is 39.7. The van der Waals surface area contributed by atoms with Crippen LogP contribution in [-0.2, 0) is 13.6 Å². The SMILES string of the molecule is CCOP1(F)=NP(F)(OCC)=NP(F)(OCC)=N1. The van der Waals surface area contributed by atoms with Crippen molar-refractivity contribution in [2.75, 3.05) is 19.8 Å². The largest absolute Gasteiger partial charge is 0.387 e. The van der Waals surface area contributed by atoms with E-state index in [4.69, 9.17) is 0 Å². The van der Waals surface area contributed by atoms with Gasteiger partial charge in [0.05, 0.1) is 19.8 Å². The molecule has 0 spiro atoms. The third kappa shape index (κ3) is 4.19. The molecule has 0 aromatic heterocycles. The Morgan fingerprint density at radius 2 is 0.889 bits per heavy atom. The van der Waals surface area contributed by atoms with Gasteiger partial charge in [-0.3, -0.25) is 0 Å². The van der Waals surface area contributed by atoms with Gasteiger partial charge in [-0.2, -0.15) is 12.6 Å². The number of rotatable bonds is 6. The van der Waals surface area contributed by atoms with Gasteiger partial charge in [0.2, 0.25) is 0 Å². The number of halogens is 3. The fourth-order valence-electron chi connectivity index (χ4n) is 1.11. The second kappa shape index (κ2) is 6.21. The van der Waals surface area contributed by atoms with Gasteiger partial charge < -0.3 is 13.6 Å². The molecule has 1 heterocycles. The molecule has 12 heteroatoms. The van der Waals surface area contributed by atoms with Crippen molar-refractivity contribution >= 4 is 23.2 Å². The monoisotopic (exact) mass is 327 g/mol. The Kier molecular flexibility index (Phi) is 5.66. The Balaban J connectivity index is 3.34. The van der Waals surface area contributed by atoms with Crippen molar-refractivity contribution in [3.63, 3.8) is 0 Å². The summed E-state index contributed by atoms with van der Waals surface area (Å²) < 4.78 is 65.6. The van der Waals surface area contributed by atoms with Crippen LogP contribution in [0.3, 0.4) is 0 Å². The Morgan fingerprint density at radius 3 is 1.06 bits per heavy atom. The minimum Gasteiger partial charge on any atom is -0.303 e. The van der Waals surface area contributed by atoms with Crippen LogP contribution in [0.25, 0.3) is 0 Å². The van der Waals surface area contributed by atoms with Gasteiger partial charge in [0.25, 0.3) is 0 Å². The van der Waals surface area contributed by atoms with Gasteiger partial charge in [-0.25, -0.2) is 0 Å². The molecule has 6 nitrogen and oxygen atoms in total. The highest BCUT2D eigenvalue weighted by molar-refractivity contribution is 7.77. The summed E-state index contributed by atoms with van der Waals surface area (Å²) in [6.45, 7) is 4.06. The average molecular weight is 327 g/mol. The molecular formula is C6H15F3N3O3P3. The van der Waals surface area contributed by atoms with Gasteiger partial charge in [0.15, 0.2) is 0 Å². The quantitative estimate of drug-likeness (QED) is 0.574. The molecule has 0 amide bonds. The summed E-state index contributed by atoms with van der Waals surface area (Å²) in [5.41, 5.74) is 0. The lowest BCUT2D eigenvalue weighted by molar-refractivity contribution is 0.326. The predicted molar refractivity (Wildman–Crippen MR) is 66.2 cm³/mol. The summed E-state index contributed by atoms with van der Waals surface area (Å²) in [5, 5.41) is 0. The maximum absolute atomic E-state index is 14.1. The molecule has 0 unspecified atom stereocenters. The van der Waals surface area contributed by atoms with E-state index in [1.807, 2.05) is 0 Å². The second-order valence-electron chi connectivity index (χ2n) is 2.94. The van der Waals surface area contributed by atoms with Crippen molar-refractivity contribution in [1.29, 1.82) is 0 Å². The first kappa shape index (κ1) is 16.4. The van der Waals surface area contributed by atoms with Gasteiger partial charge in [-0.05, 0) is 20.8 Å². The van der Waals surface area contributed by atoms with Crippen molar-refractivity contribution in [1.82, 2.24) is 0 Å². The van der Waals surface area contributed by atoms with Crippen LogP contribution in [0.2, 0.25) is 0 Å². The van der Waals surface area contributed by atoms with Crippen LogP contribution in [0.15, 0.2) is 13.5 Å². The van der Waals surface area contributed by atoms with E-state index in [1.165, 1.54) is 20.8 Å². The van der Waals surface area contributed by atoms with Crippen LogP contribution in [0.4, 0.5) is 12.6 Å². The van der Waals surface area contributed by atoms with Crippen molar-refractivity contribution < 1.29 is 26.2 Å². The molecule has 0 fully saturated rings. The van der Waals surface area contributed by atoms with E-state index in [1.54, 1.807) is 0 Å². The van der Waals surface area contributed by atoms with E-state index in [9.17, 15) is 12.6 Å². The zero-order valence-corrected chi connectivity index (χ0v) is 12.8. The Morgan fingerprint density at radius 1 is 0.667 bits per heavy atom. The maximum Gasteiger partial charge on any atom is 0.387 e. The molecule has 0 N–H and O–H groups in total. The molecule has 0 radical (unpaired) electrons. The molecule has 108 valence electrons. The van der Waals surface area contributed by atoms with Gasteiger partial charge in [-0.15, -0.1) is 13.5 Å². The summed E-state index contributed by atoms with van der Waals surface area (Å²) in [7, 11) is -13.2. The van der Waals surface area contributed by atoms with E-state index in [2.05, 4.69) is 27.1 Å². The van der Waals surface area contributed by atoms with E-state index >= 15 is 0 Å². The number of hydrogen-bond donors (Lipinski definition) is 0. The first-order chi connectivity index (χ1) is 8.30. The van der Waals surface area contributed by atoms with Gasteiger partial charge >= 0.3 is 23.2 Å². The van der Waals surface area contributed by atoms with Crippen LogP contribution < -0.4 is 0 Å². The third-order valence-corrected chi connectivity index (χ3v) is 8.60. The molecule has 0 aromatic carbocycles. The third-order valence-electron chi connectivity index (χ3n) is 1.54. The minimum atomic E-state index is -4.41. The number of hydrogen-bond acceptors (Lipinski definition) is 6. The molecule has 0 bridgehead atoms. The highest BCUT2D eigenvalue weighted by Gasteiger charge is 2.40. The molecule has 1 aliphatic heterocycles. The first-order valence-electron chi connectivity index (χ1n) is 5.24. The summed E-state index contributed by atoms with van der Waals surface area (Å²) in [4.78, 5) is 0. The van der Waals surface area contributed by atoms with E-state index in [0.717, 1.165) is 0 Å². The predicted octanol–water partition coefficient (Wildman–Crippen LogP) is 5.86. The highest BCUT2D eigenvalue weighted by Crippen LogP contribution is 2.81. The van der Waals surface area contributed by atoms with Crippen LogP contribution in [0.1, 0.15) is 20.8 Å². The Hall–Kier alpha value is 0.360. The van der Waals surface area contributed by atoms with Crippen LogP contribution in [0, 0.1) is 0 Å². The zero-order chi connectivity index (χ0) is 13.9. The van der Waals surface area contributed by atoms with Crippen molar-refractivity contribution in [2.45, 2.75) is 20.8 Å². The van der Waals surface area contributed by atoms with E-state index < -0.39 is 23.2 Å². The molecule has 0 saturated heterocycles. The highest BCUT2D eigenvalue weighted by atomic mass is 31.3. The van der Waals surface area contributed by atoms with E-state index in [0.29, 0.717) is 0 Å². The summed E-state index contributed by atoms with van der Waals surface area (Å²) in [6, 6.07) is 0. The molecule has 0 saturated carbocycles. The lowest BCUT2D eigenvalue weighted by Crippen LogP contribution is -1.92. The zero-order valence-electron chi connectivity index (χ0n) is 10.2. The number of nitrogens with zero attached hydrogens (tertiary/aromatic N) is 3. The standard InChI is InChI=1S/C6H15F3N3O3P3/c1-4-13-16(7)10-17(8,14-5-2)12-18(9,11-16)15-6-3/h4-6H2,1-3H3. The van der Waals surface area contributed by atoms with Crippen LogP contribution >= 0.6 is 23.2 Å². The maximum atomic E-state index is 14.1. The van der Waals surface area contributed by atoms with Gasteiger partial charge in [0.1, 0.15) is 0 Å². The molecule has 1 aliphatic rings. The average Bonchev–Trinajstić information content (AvgIpc) is 2.14. The lowest BCUT2D eigenvalue weighted by atomic mass is 10.9. The fourth-order valence-corrected chi connectivity index (χ4v) is 8.00. The fraction of sp³-hybridized carbons (Fsp3) is 1.00. The Bertz CT molecular complexity index is 386. The lowest BCUT2D eigenvalue weighted by Gasteiger charge is -2.22. The van der Waals surface area contributed by atoms with Crippen molar-refractivity contribution in [3.05, 3.63) is 0 Å². The molecular weight excluding hydrogens is 312 g/mol. The van der Waals surface area contributed by atoms with E-state index in [-0.39, 0.29) is 19.8 Å². The smallest absolute Gasteiger partial charge is 0.303 e. The first-order valence-corrected chi connectivity index (χ1v) is 9.75. The van der Waals surface area contributed by atoms with Crippen LogP contribution in [-0.4, -0.2) is 19.8 Å². The second-order valence-corrected chi connectivity index (χ2v) is 8.70. The Labute approximate surface area is 104 Å². The molecule has 0 aliphatic carbocycles. The minimum absolute atomic E-state index is 0.116. The molecule has 18 heavy (non-hydrogen) atoms. The van der Waals surface area contributed by atoms with Gasteiger partial charge in [0, 0.05) is 0 Å². The summed E-state index contributed by atoms with van der Waals surface area (Å²) in [5.74, 6) is 0. The molecule has 1 rings (SSSR count). The van der Waals surface area contributed by atoms with Crippen LogP contribution in [0.5, 0.6) is 0 Å². The van der Waals surface area contributed by atoms with Crippen molar-refractivity contribution in [3.8, 4) is 0 Å². The molecule has 0 atom stereocenters. The summed E-state index contributed by atoms with van der Waals surface area (Å²) >= 11 is 0. The molecule has 0 aromatic rings. The topological polar surface area (TPSA) is 64.8 Å². The summed E-state index contributed by atoms with van der Waals surface area (Å²) in [6.07, 6.45) is 0. The van der Waals surface area contributed by atoms with Crippen molar-refractivity contribution in [2.24, 2.45) is 13.5 Å². The van der Waals surface area contributed by atoms with Gasteiger partial charge in [-0.1, -0.05) is 0 Å².